The van der Waals surface area contributed by atoms with E-state index in [1.54, 1.807) is 0 Å². The fourth-order valence-corrected chi connectivity index (χ4v) is 6.40. The highest BCUT2D eigenvalue weighted by atomic mass is 32.2. The molecular formula is C20H13F2NO5S3. The number of phenolic OH excluding ortho intramolecular Hbond substituents is 1. The first kappa shape index (κ1) is 21.3. The zero-order valence-corrected chi connectivity index (χ0v) is 17.9. The minimum Gasteiger partial charge on any atom is -0.506 e. The summed E-state index contributed by atoms with van der Waals surface area (Å²) in [5.41, 5.74) is -0.0262. The van der Waals surface area contributed by atoms with Crippen molar-refractivity contribution in [2.45, 2.75) is 9.79 Å². The summed E-state index contributed by atoms with van der Waals surface area (Å²) >= 11 is 1.86. The van der Waals surface area contributed by atoms with Crippen molar-refractivity contribution in [3.8, 4) is 5.75 Å². The van der Waals surface area contributed by atoms with E-state index in [1.165, 1.54) is 29.6 Å². The molecule has 0 amide bonds. The van der Waals surface area contributed by atoms with Crippen molar-refractivity contribution in [3.63, 3.8) is 0 Å². The first-order valence-electron chi connectivity index (χ1n) is 8.65. The van der Waals surface area contributed by atoms with Gasteiger partial charge in [-0.1, -0.05) is 0 Å². The van der Waals surface area contributed by atoms with Crippen molar-refractivity contribution in [1.82, 2.24) is 0 Å². The minimum absolute atomic E-state index is 0.0262. The zero-order valence-electron chi connectivity index (χ0n) is 15.4. The molecule has 160 valence electrons. The van der Waals surface area contributed by atoms with Gasteiger partial charge in [0.05, 0.1) is 16.3 Å². The normalized spacial score (nSPS) is 11.8. The molecule has 0 radical (unpaired) electrons. The lowest BCUT2D eigenvalue weighted by molar-refractivity contribution is -0.133. The predicted octanol–water partition coefficient (Wildman–Crippen LogP) is 5.02. The number of hydrogen-bond acceptors (Lipinski definition) is 6. The summed E-state index contributed by atoms with van der Waals surface area (Å²) < 4.78 is 56.4. The second-order valence-corrected chi connectivity index (χ2v) is 10.1. The van der Waals surface area contributed by atoms with Gasteiger partial charge < -0.3 is 10.2 Å². The molecular weight excluding hydrogens is 468 g/mol. The molecule has 1 heterocycles. The number of halogens is 2. The molecule has 1 aromatic heterocycles. The van der Waals surface area contributed by atoms with Crippen LogP contribution < -0.4 is 4.72 Å². The number of sulfonamides is 1. The number of carboxylic acid groups (broad SMARTS) is 1. The van der Waals surface area contributed by atoms with Crippen LogP contribution in [0.4, 0.5) is 14.5 Å². The molecule has 6 nitrogen and oxygen atoms in total. The van der Waals surface area contributed by atoms with E-state index >= 15 is 0 Å². The maximum atomic E-state index is 13.9. The molecule has 0 fully saturated rings. The molecule has 4 aromatic rings. The number of aliphatic carboxylic acids is 1. The topological polar surface area (TPSA) is 104 Å². The van der Waals surface area contributed by atoms with Crippen molar-refractivity contribution in [2.75, 3.05) is 10.5 Å². The lowest BCUT2D eigenvalue weighted by atomic mass is 10.1. The third-order valence-electron chi connectivity index (χ3n) is 4.42. The first-order chi connectivity index (χ1) is 14.7. The lowest BCUT2D eigenvalue weighted by Gasteiger charge is -2.14. The number of nitrogens with one attached hydrogen (secondary N) is 1. The number of thiophene rings is 1. The van der Waals surface area contributed by atoms with Crippen LogP contribution in [0.1, 0.15) is 0 Å². The zero-order chi connectivity index (χ0) is 22.3. The summed E-state index contributed by atoms with van der Waals surface area (Å²) in [7, 11) is -4.17. The van der Waals surface area contributed by atoms with Crippen molar-refractivity contribution in [1.29, 1.82) is 0 Å². The Morgan fingerprint density at radius 1 is 1.03 bits per heavy atom. The molecule has 4 rings (SSSR count). The SMILES string of the molecule is O=C(O)CSc1cc(NS(=O)(=O)c2csc3cc(F)ccc23)c2cc(F)ccc2c1O. The molecule has 31 heavy (non-hydrogen) atoms. The second kappa shape index (κ2) is 7.98. The van der Waals surface area contributed by atoms with E-state index in [4.69, 9.17) is 5.11 Å². The molecule has 0 aliphatic heterocycles. The number of carboxylic acids is 1. The predicted molar refractivity (Wildman–Crippen MR) is 117 cm³/mol. The van der Waals surface area contributed by atoms with E-state index in [0.717, 1.165) is 41.3 Å². The Kier molecular flexibility index (Phi) is 5.50. The largest absolute Gasteiger partial charge is 0.506 e. The van der Waals surface area contributed by atoms with Crippen LogP contribution in [0.2, 0.25) is 0 Å². The average Bonchev–Trinajstić information content (AvgIpc) is 3.12. The molecule has 3 N–H and O–H groups in total. The number of aromatic hydroxyl groups is 1. The van der Waals surface area contributed by atoms with Crippen LogP contribution in [-0.2, 0) is 14.8 Å². The molecule has 0 unspecified atom stereocenters. The number of rotatable bonds is 6. The van der Waals surface area contributed by atoms with E-state index in [0.29, 0.717) is 10.1 Å². The van der Waals surface area contributed by atoms with Crippen molar-refractivity contribution < 1.29 is 32.2 Å². The smallest absolute Gasteiger partial charge is 0.313 e. The highest BCUT2D eigenvalue weighted by Gasteiger charge is 2.22. The Bertz CT molecular complexity index is 1450. The molecule has 0 aliphatic carbocycles. The number of benzene rings is 3. The fourth-order valence-electron chi connectivity index (χ4n) is 3.08. The summed E-state index contributed by atoms with van der Waals surface area (Å²) in [6, 6.07) is 8.46. The number of carbonyl (C=O) groups is 1. The van der Waals surface area contributed by atoms with E-state index in [-0.39, 0.29) is 37.8 Å². The number of fused-ring (bicyclic) bond motifs is 2. The van der Waals surface area contributed by atoms with Crippen LogP contribution >= 0.6 is 23.1 Å². The van der Waals surface area contributed by atoms with Gasteiger partial charge in [-0.2, -0.15) is 0 Å². The number of phenols is 1. The van der Waals surface area contributed by atoms with Gasteiger partial charge in [0.2, 0.25) is 0 Å². The summed E-state index contributed by atoms with van der Waals surface area (Å²) in [6.45, 7) is 0. The maximum absolute atomic E-state index is 13.9. The first-order valence-corrected chi connectivity index (χ1v) is 12.0. The Hall–Kier alpha value is -2.89. The fraction of sp³-hybridized carbons (Fsp3) is 0.0500. The van der Waals surface area contributed by atoms with Crippen LogP contribution in [0, 0.1) is 11.6 Å². The van der Waals surface area contributed by atoms with Crippen molar-refractivity contribution >= 4 is 65.6 Å². The standard InChI is InChI=1S/C20H13F2NO5S3/c21-10-1-3-12-14(5-10)15(7-17(20(12)26)30-9-19(24)25)23-31(27,28)18-8-29-16-6-11(22)2-4-13(16)18/h1-8,23,26H,9H2,(H,24,25). The molecule has 11 heteroatoms. The molecule has 0 atom stereocenters. The highest BCUT2D eigenvalue weighted by Crippen LogP contribution is 2.41. The van der Waals surface area contributed by atoms with E-state index in [9.17, 15) is 27.1 Å². The summed E-state index contributed by atoms with van der Waals surface area (Å²) in [5.74, 6) is -2.91. The van der Waals surface area contributed by atoms with Crippen LogP contribution in [0.25, 0.3) is 20.9 Å². The quantitative estimate of drug-likeness (QED) is 0.264. The summed E-state index contributed by atoms with van der Waals surface area (Å²) in [6.07, 6.45) is 0. The summed E-state index contributed by atoms with van der Waals surface area (Å²) in [4.78, 5) is 11.0. The van der Waals surface area contributed by atoms with Crippen LogP contribution in [0.5, 0.6) is 5.75 Å². The van der Waals surface area contributed by atoms with Crippen LogP contribution in [-0.4, -0.2) is 30.4 Å². The number of thioether (sulfide) groups is 1. The molecule has 0 saturated heterocycles. The van der Waals surface area contributed by atoms with E-state index < -0.39 is 27.6 Å². The highest BCUT2D eigenvalue weighted by molar-refractivity contribution is 8.00. The van der Waals surface area contributed by atoms with Gasteiger partial charge in [-0.3, -0.25) is 9.52 Å². The van der Waals surface area contributed by atoms with Gasteiger partial charge in [0, 0.05) is 26.2 Å². The van der Waals surface area contributed by atoms with Crippen LogP contribution in [0.15, 0.2) is 57.6 Å². The average molecular weight is 482 g/mol. The molecule has 0 aliphatic rings. The van der Waals surface area contributed by atoms with Crippen LogP contribution in [0.3, 0.4) is 0 Å². The Balaban J connectivity index is 1.84. The van der Waals surface area contributed by atoms with Gasteiger partial charge in [0.1, 0.15) is 22.3 Å². The van der Waals surface area contributed by atoms with Gasteiger partial charge in [-0.15, -0.1) is 23.1 Å². The third-order valence-corrected chi connectivity index (χ3v) is 7.94. The molecule has 0 saturated carbocycles. The molecule has 3 aromatic carbocycles. The Morgan fingerprint density at radius 2 is 1.71 bits per heavy atom. The van der Waals surface area contributed by atoms with Gasteiger partial charge in [0.25, 0.3) is 10.0 Å². The summed E-state index contributed by atoms with van der Waals surface area (Å²) in [5, 5.41) is 21.4. The van der Waals surface area contributed by atoms with E-state index in [1.807, 2.05) is 0 Å². The number of anilines is 1. The van der Waals surface area contributed by atoms with E-state index in [2.05, 4.69) is 4.72 Å². The second-order valence-electron chi connectivity index (χ2n) is 6.49. The number of hydrogen-bond donors (Lipinski definition) is 3. The lowest BCUT2D eigenvalue weighted by Crippen LogP contribution is -2.13. The molecule has 0 bridgehead atoms. The Labute approximate surface area is 183 Å². The van der Waals surface area contributed by atoms with Gasteiger partial charge in [0.15, 0.2) is 0 Å². The van der Waals surface area contributed by atoms with Crippen molar-refractivity contribution in [2.24, 2.45) is 0 Å². The molecule has 0 spiro atoms. The third kappa shape index (κ3) is 4.16. The van der Waals surface area contributed by atoms with Gasteiger partial charge >= 0.3 is 5.97 Å². The minimum atomic E-state index is -4.17. The van der Waals surface area contributed by atoms with Gasteiger partial charge in [-0.05, 0) is 42.5 Å². The Morgan fingerprint density at radius 3 is 2.42 bits per heavy atom. The monoisotopic (exact) mass is 481 g/mol. The maximum Gasteiger partial charge on any atom is 0.313 e. The van der Waals surface area contributed by atoms with Crippen molar-refractivity contribution in [3.05, 3.63) is 59.5 Å². The van der Waals surface area contributed by atoms with Gasteiger partial charge in [-0.25, -0.2) is 17.2 Å².